The van der Waals surface area contributed by atoms with Crippen molar-refractivity contribution < 1.29 is 18.7 Å². The van der Waals surface area contributed by atoms with Crippen molar-refractivity contribution >= 4 is 11.7 Å². The summed E-state index contributed by atoms with van der Waals surface area (Å²) in [5.41, 5.74) is 0.660. The van der Waals surface area contributed by atoms with Gasteiger partial charge in [0, 0.05) is 44.0 Å². The minimum Gasteiger partial charge on any atom is -0.396 e. The van der Waals surface area contributed by atoms with E-state index in [1.807, 2.05) is 11.8 Å². The number of nitrogens with zero attached hydrogens (tertiary/aromatic N) is 1. The summed E-state index contributed by atoms with van der Waals surface area (Å²) in [6, 6.07) is 3.57. The van der Waals surface area contributed by atoms with Gasteiger partial charge in [-0.2, -0.15) is 0 Å². The molecule has 3 N–H and O–H groups in total. The van der Waals surface area contributed by atoms with Gasteiger partial charge >= 0.3 is 6.03 Å². The zero-order valence-corrected chi connectivity index (χ0v) is 13.2. The van der Waals surface area contributed by atoms with Gasteiger partial charge in [0.05, 0.1) is 0 Å². The third-order valence-electron chi connectivity index (χ3n) is 4.05. The summed E-state index contributed by atoms with van der Waals surface area (Å²) in [6.45, 7) is 3.83. The van der Waals surface area contributed by atoms with Crippen LogP contribution in [0.1, 0.15) is 19.8 Å². The fraction of sp³-hybridized carbons (Fsp3) is 0.562. The van der Waals surface area contributed by atoms with Crippen LogP contribution in [0.3, 0.4) is 0 Å². The first-order valence-electron chi connectivity index (χ1n) is 7.84. The van der Waals surface area contributed by atoms with Crippen LogP contribution < -0.4 is 15.5 Å². The Balaban J connectivity index is 1.77. The van der Waals surface area contributed by atoms with Gasteiger partial charge in [0.15, 0.2) is 11.6 Å². The number of hydrogen-bond acceptors (Lipinski definition) is 3. The molecule has 1 fully saturated rings. The minimum atomic E-state index is -0.847. The number of benzene rings is 1. The van der Waals surface area contributed by atoms with Gasteiger partial charge in [-0.25, -0.2) is 13.6 Å². The first-order valence-corrected chi connectivity index (χ1v) is 7.84. The third kappa shape index (κ3) is 5.06. The first kappa shape index (κ1) is 17.5. The molecule has 1 aliphatic heterocycles. The lowest BCUT2D eigenvalue weighted by atomic mass is 10.1. The van der Waals surface area contributed by atoms with Gasteiger partial charge in [-0.1, -0.05) is 0 Å². The van der Waals surface area contributed by atoms with Crippen LogP contribution >= 0.6 is 0 Å². The second-order valence-electron chi connectivity index (χ2n) is 5.97. The van der Waals surface area contributed by atoms with E-state index >= 15 is 0 Å². The molecular weight excluding hydrogens is 304 g/mol. The molecule has 2 amide bonds. The Hall–Kier alpha value is -1.89. The van der Waals surface area contributed by atoms with Gasteiger partial charge < -0.3 is 20.6 Å². The van der Waals surface area contributed by atoms with E-state index in [9.17, 15) is 13.6 Å². The Bertz CT molecular complexity index is 542. The molecule has 1 aliphatic rings. The van der Waals surface area contributed by atoms with Gasteiger partial charge in [0.1, 0.15) is 0 Å². The fourth-order valence-electron chi connectivity index (χ4n) is 2.69. The predicted molar refractivity (Wildman–Crippen MR) is 84.4 cm³/mol. The van der Waals surface area contributed by atoms with Crippen LogP contribution in [0, 0.1) is 17.6 Å². The van der Waals surface area contributed by atoms with E-state index in [0.717, 1.165) is 19.0 Å². The van der Waals surface area contributed by atoms with Crippen LogP contribution in [-0.4, -0.2) is 43.4 Å². The maximum Gasteiger partial charge on any atom is 0.315 e. The monoisotopic (exact) mass is 327 g/mol. The quantitative estimate of drug-likeness (QED) is 0.747. The van der Waals surface area contributed by atoms with Crippen molar-refractivity contribution in [1.82, 2.24) is 10.6 Å². The molecule has 2 atom stereocenters. The van der Waals surface area contributed by atoms with Crippen LogP contribution in [0.2, 0.25) is 0 Å². The zero-order chi connectivity index (χ0) is 16.8. The Morgan fingerprint density at radius 2 is 2.22 bits per heavy atom. The molecule has 0 bridgehead atoms. The summed E-state index contributed by atoms with van der Waals surface area (Å²) in [6.07, 6.45) is 1.40. The average Bonchev–Trinajstić information content (AvgIpc) is 2.97. The number of rotatable bonds is 6. The van der Waals surface area contributed by atoms with Crippen molar-refractivity contribution in [2.45, 2.75) is 25.8 Å². The smallest absolute Gasteiger partial charge is 0.315 e. The Kier molecular flexibility index (Phi) is 6.15. The van der Waals surface area contributed by atoms with Crippen molar-refractivity contribution in [1.29, 1.82) is 0 Å². The van der Waals surface area contributed by atoms with E-state index in [1.165, 1.54) is 6.07 Å². The number of carbonyl (C=O) groups is 1. The summed E-state index contributed by atoms with van der Waals surface area (Å²) in [4.78, 5) is 13.7. The number of anilines is 1. The van der Waals surface area contributed by atoms with Crippen molar-refractivity contribution in [2.24, 2.45) is 5.92 Å². The molecule has 128 valence electrons. The average molecular weight is 327 g/mol. The molecule has 0 aliphatic carbocycles. The minimum absolute atomic E-state index is 0.0350. The highest BCUT2D eigenvalue weighted by Crippen LogP contribution is 2.24. The lowest BCUT2D eigenvalue weighted by Gasteiger charge is -2.19. The highest BCUT2D eigenvalue weighted by molar-refractivity contribution is 5.74. The zero-order valence-electron chi connectivity index (χ0n) is 13.2. The molecular formula is C16H23F2N3O2. The summed E-state index contributed by atoms with van der Waals surface area (Å²) < 4.78 is 26.3. The fourth-order valence-corrected chi connectivity index (χ4v) is 2.69. The normalized spacial score (nSPS) is 18.8. The lowest BCUT2D eigenvalue weighted by molar-refractivity contribution is 0.229. The second-order valence-corrected chi connectivity index (χ2v) is 5.97. The maximum absolute atomic E-state index is 13.3. The van der Waals surface area contributed by atoms with E-state index in [2.05, 4.69) is 10.6 Å². The molecule has 1 aromatic rings. The number of halogens is 2. The topological polar surface area (TPSA) is 64.6 Å². The van der Waals surface area contributed by atoms with Crippen molar-refractivity contribution in [3.63, 3.8) is 0 Å². The van der Waals surface area contributed by atoms with E-state index < -0.39 is 11.6 Å². The molecule has 1 aromatic carbocycles. The van der Waals surface area contributed by atoms with Gasteiger partial charge in [-0.15, -0.1) is 0 Å². The predicted octanol–water partition coefficient (Wildman–Crippen LogP) is 1.86. The number of aliphatic hydroxyl groups is 1. The number of hydrogen-bond donors (Lipinski definition) is 3. The highest BCUT2D eigenvalue weighted by atomic mass is 19.2. The summed E-state index contributed by atoms with van der Waals surface area (Å²) in [5, 5.41) is 14.4. The summed E-state index contributed by atoms with van der Waals surface area (Å²) in [7, 11) is 0. The second kappa shape index (κ2) is 8.10. The van der Waals surface area contributed by atoms with E-state index in [-0.39, 0.29) is 24.6 Å². The molecule has 0 aromatic heterocycles. The molecule has 5 nitrogen and oxygen atoms in total. The standard InChI is InChI=1S/C16H23F2N3O2/c1-11(5-7-22)20-16(23)19-9-12-4-6-21(10-12)13-2-3-14(17)15(18)8-13/h2-3,8,11-12,22H,4-7,9-10H2,1H3,(H2,19,20,23)/t11-,12?/m1/s1. The molecule has 0 spiro atoms. The van der Waals surface area contributed by atoms with Gasteiger partial charge in [0.2, 0.25) is 0 Å². The molecule has 2 rings (SSSR count). The van der Waals surface area contributed by atoms with E-state index in [0.29, 0.717) is 25.2 Å². The molecule has 0 saturated carbocycles. The Morgan fingerprint density at radius 1 is 1.43 bits per heavy atom. The molecule has 23 heavy (non-hydrogen) atoms. The first-order chi connectivity index (χ1) is 11.0. The number of nitrogens with one attached hydrogen (secondary N) is 2. The maximum atomic E-state index is 13.3. The Morgan fingerprint density at radius 3 is 2.91 bits per heavy atom. The van der Waals surface area contributed by atoms with Crippen LogP contribution in [-0.2, 0) is 0 Å². The number of aliphatic hydroxyl groups excluding tert-OH is 1. The van der Waals surface area contributed by atoms with Gasteiger partial charge in [-0.3, -0.25) is 0 Å². The number of urea groups is 1. The van der Waals surface area contributed by atoms with Crippen LogP contribution in [0.25, 0.3) is 0 Å². The largest absolute Gasteiger partial charge is 0.396 e. The number of carbonyl (C=O) groups excluding carboxylic acids is 1. The molecule has 1 saturated heterocycles. The van der Waals surface area contributed by atoms with Gasteiger partial charge in [0.25, 0.3) is 0 Å². The summed E-state index contributed by atoms with van der Waals surface area (Å²) in [5.74, 6) is -1.43. The molecule has 7 heteroatoms. The summed E-state index contributed by atoms with van der Waals surface area (Å²) >= 11 is 0. The highest BCUT2D eigenvalue weighted by Gasteiger charge is 2.23. The molecule has 1 unspecified atom stereocenters. The van der Waals surface area contributed by atoms with Crippen LogP contribution in [0.4, 0.5) is 19.3 Å². The lowest BCUT2D eigenvalue weighted by Crippen LogP contribution is -2.43. The van der Waals surface area contributed by atoms with Crippen molar-refractivity contribution in [3.05, 3.63) is 29.8 Å². The van der Waals surface area contributed by atoms with Crippen molar-refractivity contribution in [2.75, 3.05) is 31.1 Å². The Labute approximate surface area is 134 Å². The van der Waals surface area contributed by atoms with E-state index in [1.54, 1.807) is 6.07 Å². The molecule has 1 heterocycles. The van der Waals surface area contributed by atoms with Crippen LogP contribution in [0.15, 0.2) is 18.2 Å². The SMILES string of the molecule is C[C@H](CCO)NC(=O)NCC1CCN(c2ccc(F)c(F)c2)C1. The van der Waals surface area contributed by atoms with Crippen LogP contribution in [0.5, 0.6) is 0 Å². The van der Waals surface area contributed by atoms with Gasteiger partial charge in [-0.05, 0) is 37.8 Å². The number of amides is 2. The molecule has 0 radical (unpaired) electrons. The van der Waals surface area contributed by atoms with E-state index in [4.69, 9.17) is 5.11 Å². The third-order valence-corrected chi connectivity index (χ3v) is 4.05. The van der Waals surface area contributed by atoms with Crippen molar-refractivity contribution in [3.8, 4) is 0 Å².